The Balaban J connectivity index is 2.11. The van der Waals surface area contributed by atoms with E-state index in [0.717, 1.165) is 29.1 Å². The number of rotatable bonds is 7. The molecule has 0 radical (unpaired) electrons. The first-order valence-electron chi connectivity index (χ1n) is 8.04. The number of guanidine groups is 1. The number of benzene rings is 1. The number of ether oxygens (including phenoxy) is 2. The summed E-state index contributed by atoms with van der Waals surface area (Å²) in [4.78, 5) is 5.99. The highest BCUT2D eigenvalue weighted by molar-refractivity contribution is 9.10. The standard InChI is InChI=1S/C18H24BrN3O2S/c1-5-20-18(22-11-17-12(2)6-7-25-17)21-10-13-8-15(23-3)16(24-4)9-14(13)19/h6-9H,5,10-11H2,1-4H3,(H2,20,21,22). The van der Waals surface area contributed by atoms with Gasteiger partial charge in [0.2, 0.25) is 0 Å². The maximum atomic E-state index is 5.37. The third kappa shape index (κ3) is 5.37. The normalized spacial score (nSPS) is 11.3. The van der Waals surface area contributed by atoms with Crippen molar-refractivity contribution in [3.63, 3.8) is 0 Å². The Morgan fingerprint density at radius 2 is 1.92 bits per heavy atom. The van der Waals surface area contributed by atoms with Gasteiger partial charge in [0.25, 0.3) is 0 Å². The Hall–Kier alpha value is -1.73. The van der Waals surface area contributed by atoms with E-state index in [9.17, 15) is 0 Å². The molecular formula is C18H24BrN3O2S. The molecule has 1 aromatic heterocycles. The van der Waals surface area contributed by atoms with Gasteiger partial charge in [-0.05, 0) is 48.6 Å². The van der Waals surface area contributed by atoms with Gasteiger partial charge in [0.1, 0.15) is 0 Å². The lowest BCUT2D eigenvalue weighted by Gasteiger charge is -2.13. The summed E-state index contributed by atoms with van der Waals surface area (Å²) in [6.45, 7) is 6.28. The van der Waals surface area contributed by atoms with Gasteiger partial charge in [-0.15, -0.1) is 11.3 Å². The number of aryl methyl sites for hydroxylation is 1. The molecule has 0 atom stereocenters. The van der Waals surface area contributed by atoms with Crippen molar-refractivity contribution in [1.82, 2.24) is 10.6 Å². The lowest BCUT2D eigenvalue weighted by atomic mass is 10.2. The van der Waals surface area contributed by atoms with Crippen LogP contribution in [0.25, 0.3) is 0 Å². The summed E-state index contributed by atoms with van der Waals surface area (Å²) in [7, 11) is 3.26. The van der Waals surface area contributed by atoms with Gasteiger partial charge in [-0.3, -0.25) is 0 Å². The number of hydrogen-bond acceptors (Lipinski definition) is 4. The first-order valence-corrected chi connectivity index (χ1v) is 9.71. The molecule has 0 bridgehead atoms. The molecule has 5 nitrogen and oxygen atoms in total. The first kappa shape index (κ1) is 19.6. The molecule has 1 aromatic carbocycles. The van der Waals surface area contributed by atoms with E-state index in [-0.39, 0.29) is 0 Å². The molecule has 0 unspecified atom stereocenters. The van der Waals surface area contributed by atoms with Gasteiger partial charge >= 0.3 is 0 Å². The number of halogens is 1. The number of methoxy groups -OCH3 is 2. The second-order valence-electron chi connectivity index (χ2n) is 5.37. The molecule has 0 saturated carbocycles. The van der Waals surface area contributed by atoms with Crippen LogP contribution in [0, 0.1) is 6.92 Å². The predicted octanol–water partition coefficient (Wildman–Crippen LogP) is 4.09. The molecule has 7 heteroatoms. The lowest BCUT2D eigenvalue weighted by molar-refractivity contribution is 0.354. The highest BCUT2D eigenvalue weighted by atomic mass is 79.9. The topological polar surface area (TPSA) is 54.9 Å². The van der Waals surface area contributed by atoms with Gasteiger partial charge < -0.3 is 20.1 Å². The smallest absolute Gasteiger partial charge is 0.191 e. The molecule has 2 rings (SSSR count). The van der Waals surface area contributed by atoms with Crippen molar-refractivity contribution < 1.29 is 9.47 Å². The van der Waals surface area contributed by atoms with Crippen LogP contribution >= 0.6 is 27.3 Å². The zero-order valence-electron chi connectivity index (χ0n) is 15.0. The van der Waals surface area contributed by atoms with Crippen LogP contribution in [0.4, 0.5) is 0 Å². The average Bonchev–Trinajstić information content (AvgIpc) is 3.02. The van der Waals surface area contributed by atoms with E-state index in [0.29, 0.717) is 18.0 Å². The summed E-state index contributed by atoms with van der Waals surface area (Å²) >= 11 is 5.33. The highest BCUT2D eigenvalue weighted by Crippen LogP contribution is 2.33. The molecule has 0 saturated heterocycles. The van der Waals surface area contributed by atoms with E-state index in [1.807, 2.05) is 12.1 Å². The second kappa shape index (κ2) is 9.68. The minimum Gasteiger partial charge on any atom is -0.493 e. The van der Waals surface area contributed by atoms with Crippen LogP contribution in [0.3, 0.4) is 0 Å². The van der Waals surface area contributed by atoms with E-state index in [1.165, 1.54) is 10.4 Å². The van der Waals surface area contributed by atoms with Gasteiger partial charge in [-0.1, -0.05) is 15.9 Å². The van der Waals surface area contributed by atoms with Crippen molar-refractivity contribution >= 4 is 33.2 Å². The molecule has 2 aromatic rings. The van der Waals surface area contributed by atoms with Gasteiger partial charge in [0, 0.05) is 15.9 Å². The van der Waals surface area contributed by atoms with E-state index in [4.69, 9.17) is 9.47 Å². The summed E-state index contributed by atoms with van der Waals surface area (Å²) in [6.07, 6.45) is 0. The largest absolute Gasteiger partial charge is 0.493 e. The summed E-state index contributed by atoms with van der Waals surface area (Å²) in [5.41, 5.74) is 2.33. The van der Waals surface area contributed by atoms with Gasteiger partial charge in [-0.2, -0.15) is 0 Å². The molecular weight excluding hydrogens is 402 g/mol. The quantitative estimate of drug-likeness (QED) is 0.517. The Bertz CT molecular complexity index is 731. The van der Waals surface area contributed by atoms with Crippen LogP contribution in [0.5, 0.6) is 11.5 Å². The van der Waals surface area contributed by atoms with Crippen molar-refractivity contribution in [3.8, 4) is 11.5 Å². The third-order valence-corrected chi connectivity index (χ3v) is 5.45. The first-order chi connectivity index (χ1) is 12.1. The van der Waals surface area contributed by atoms with Crippen molar-refractivity contribution in [2.75, 3.05) is 20.8 Å². The summed E-state index contributed by atoms with van der Waals surface area (Å²) in [5, 5.41) is 8.77. The van der Waals surface area contributed by atoms with Crippen molar-refractivity contribution in [2.24, 2.45) is 4.99 Å². The Kier molecular flexibility index (Phi) is 7.58. The van der Waals surface area contributed by atoms with Crippen LogP contribution in [-0.2, 0) is 13.1 Å². The zero-order chi connectivity index (χ0) is 18.2. The van der Waals surface area contributed by atoms with E-state index < -0.39 is 0 Å². The van der Waals surface area contributed by atoms with Crippen molar-refractivity contribution in [1.29, 1.82) is 0 Å². The molecule has 0 aliphatic carbocycles. The molecule has 0 fully saturated rings. The fourth-order valence-electron chi connectivity index (χ4n) is 2.27. The summed E-state index contributed by atoms with van der Waals surface area (Å²) < 4.78 is 11.6. The lowest BCUT2D eigenvalue weighted by Crippen LogP contribution is -2.36. The van der Waals surface area contributed by atoms with Crippen molar-refractivity contribution in [3.05, 3.63) is 44.1 Å². The molecule has 0 aliphatic rings. The molecule has 2 N–H and O–H groups in total. The Morgan fingerprint density at radius 3 is 2.52 bits per heavy atom. The number of nitrogens with one attached hydrogen (secondary N) is 2. The van der Waals surface area contributed by atoms with Gasteiger partial charge in [0.15, 0.2) is 17.5 Å². The average molecular weight is 426 g/mol. The van der Waals surface area contributed by atoms with Crippen LogP contribution in [0.15, 0.2) is 33.0 Å². The maximum Gasteiger partial charge on any atom is 0.191 e. The number of hydrogen-bond donors (Lipinski definition) is 2. The predicted molar refractivity (Wildman–Crippen MR) is 108 cm³/mol. The third-order valence-electron chi connectivity index (χ3n) is 3.69. The summed E-state index contributed by atoms with van der Waals surface area (Å²) in [6, 6.07) is 5.98. The molecule has 0 amide bonds. The molecule has 1 heterocycles. The van der Waals surface area contributed by atoms with Crippen LogP contribution in [-0.4, -0.2) is 26.7 Å². The van der Waals surface area contributed by atoms with Crippen LogP contribution in [0.2, 0.25) is 0 Å². The SMILES string of the molecule is CCNC(=NCc1cc(OC)c(OC)cc1Br)NCc1sccc1C. The Labute approximate surface area is 161 Å². The van der Waals surface area contributed by atoms with Crippen molar-refractivity contribution in [2.45, 2.75) is 26.9 Å². The minimum atomic E-state index is 0.527. The number of nitrogens with zero attached hydrogens (tertiary/aromatic N) is 1. The van der Waals surface area contributed by atoms with Gasteiger partial charge in [-0.25, -0.2) is 4.99 Å². The monoisotopic (exact) mass is 425 g/mol. The van der Waals surface area contributed by atoms with Gasteiger partial charge in [0.05, 0.1) is 27.3 Å². The number of aliphatic imine (C=N–C) groups is 1. The van der Waals surface area contributed by atoms with Crippen LogP contribution in [0.1, 0.15) is 22.9 Å². The van der Waals surface area contributed by atoms with E-state index in [2.05, 4.69) is 56.8 Å². The minimum absolute atomic E-state index is 0.527. The Morgan fingerprint density at radius 1 is 1.20 bits per heavy atom. The van der Waals surface area contributed by atoms with Crippen LogP contribution < -0.4 is 20.1 Å². The second-order valence-corrected chi connectivity index (χ2v) is 7.23. The molecule has 136 valence electrons. The van der Waals surface area contributed by atoms with E-state index in [1.54, 1.807) is 25.6 Å². The maximum absolute atomic E-state index is 5.37. The highest BCUT2D eigenvalue weighted by Gasteiger charge is 2.10. The fourth-order valence-corrected chi connectivity index (χ4v) is 3.57. The molecule has 25 heavy (non-hydrogen) atoms. The van der Waals surface area contributed by atoms with E-state index >= 15 is 0 Å². The molecule has 0 spiro atoms. The number of thiophene rings is 1. The molecule has 0 aliphatic heterocycles. The fraction of sp³-hybridized carbons (Fsp3) is 0.389. The summed E-state index contributed by atoms with van der Waals surface area (Å²) in [5.74, 6) is 2.18. The zero-order valence-corrected chi connectivity index (χ0v) is 17.4.